The zero-order valence-corrected chi connectivity index (χ0v) is 24.4. The van der Waals surface area contributed by atoms with Gasteiger partial charge in [0.25, 0.3) is 17.7 Å². The fourth-order valence-electron chi connectivity index (χ4n) is 4.48. The van der Waals surface area contributed by atoms with Crippen LogP contribution in [0.5, 0.6) is 5.75 Å². The molecule has 1 aliphatic heterocycles. The highest BCUT2D eigenvalue weighted by atomic mass is 19.4. The number of halogens is 3. The van der Waals surface area contributed by atoms with Crippen LogP contribution in [-0.2, 0) is 25.6 Å². The lowest BCUT2D eigenvalue weighted by Gasteiger charge is -2.26. The zero-order chi connectivity index (χ0) is 32.7. The van der Waals surface area contributed by atoms with Crippen LogP contribution in [0.4, 0.5) is 13.2 Å². The van der Waals surface area contributed by atoms with Gasteiger partial charge in [-0.2, -0.15) is 13.2 Å². The Morgan fingerprint density at radius 2 is 1.49 bits per heavy atom. The maximum atomic E-state index is 12.7. The van der Waals surface area contributed by atoms with Crippen molar-refractivity contribution in [1.82, 2.24) is 15.3 Å². The molecular weight excluding hydrogens is 595 g/mol. The number of imide groups is 1. The zero-order valence-electron chi connectivity index (χ0n) is 24.4. The Morgan fingerprint density at radius 1 is 0.911 bits per heavy atom. The normalized spacial score (nSPS) is 13.8. The standard InChI is InChI=1S/C32H30F3N3O7/c1-20(37(2)31(43)32(33,34)35)18-21-4-3-5-26(19-21)44-17-16-36-29(41)24-10-6-22(7-11-24)23-8-12-25(13-9-23)30(42)45-38-27(39)14-15-28(38)40/h3-13,19-20H,14-18H2,1-2H3,(H,36,41)/t20-/m0/s1. The van der Waals surface area contributed by atoms with Crippen LogP contribution in [0.2, 0.25) is 0 Å². The highest BCUT2D eigenvalue weighted by molar-refractivity contribution is 6.02. The number of carbonyl (C=O) groups excluding carboxylic acids is 5. The van der Waals surface area contributed by atoms with Crippen molar-refractivity contribution in [1.29, 1.82) is 0 Å². The number of ether oxygens (including phenoxy) is 1. The van der Waals surface area contributed by atoms with Crippen molar-refractivity contribution in [2.75, 3.05) is 20.2 Å². The first-order valence-corrected chi connectivity index (χ1v) is 14.0. The summed E-state index contributed by atoms with van der Waals surface area (Å²) >= 11 is 0. The summed E-state index contributed by atoms with van der Waals surface area (Å²) < 4.78 is 43.8. The quantitative estimate of drug-likeness (QED) is 0.249. The molecule has 0 unspecified atom stereocenters. The molecular formula is C32H30F3N3O7. The average molecular weight is 626 g/mol. The van der Waals surface area contributed by atoms with Crippen molar-refractivity contribution in [3.05, 3.63) is 89.5 Å². The molecule has 0 spiro atoms. The molecule has 0 aromatic heterocycles. The molecule has 1 N–H and O–H groups in total. The van der Waals surface area contributed by atoms with E-state index >= 15 is 0 Å². The number of rotatable bonds is 11. The predicted molar refractivity (Wildman–Crippen MR) is 155 cm³/mol. The first kappa shape index (κ1) is 32.7. The lowest BCUT2D eigenvalue weighted by atomic mass is 10.0. The van der Waals surface area contributed by atoms with Gasteiger partial charge in [0.2, 0.25) is 0 Å². The summed E-state index contributed by atoms with van der Waals surface area (Å²) in [5, 5.41) is 3.24. The fraction of sp³-hybridized carbons (Fsp3) is 0.281. The van der Waals surface area contributed by atoms with Gasteiger partial charge in [-0.25, -0.2) is 4.79 Å². The molecule has 236 valence electrons. The van der Waals surface area contributed by atoms with E-state index in [9.17, 15) is 37.1 Å². The lowest BCUT2D eigenvalue weighted by molar-refractivity contribution is -0.185. The van der Waals surface area contributed by atoms with E-state index in [2.05, 4.69) is 5.32 Å². The first-order valence-electron chi connectivity index (χ1n) is 14.0. The third-order valence-electron chi connectivity index (χ3n) is 7.09. The average Bonchev–Trinajstić information content (AvgIpc) is 3.34. The van der Waals surface area contributed by atoms with Crippen molar-refractivity contribution >= 4 is 29.6 Å². The topological polar surface area (TPSA) is 122 Å². The largest absolute Gasteiger partial charge is 0.492 e. The predicted octanol–water partition coefficient (Wildman–Crippen LogP) is 4.33. The molecule has 4 amide bonds. The summed E-state index contributed by atoms with van der Waals surface area (Å²) in [6, 6.07) is 19.2. The van der Waals surface area contributed by atoms with E-state index in [1.807, 2.05) is 0 Å². The SMILES string of the molecule is C[C@@H](Cc1cccc(OCCNC(=O)c2ccc(-c3ccc(C(=O)ON4C(=O)CCC4=O)cc3)cc2)c1)N(C)C(=O)C(F)(F)F. The Labute approximate surface area is 256 Å². The second kappa shape index (κ2) is 14.1. The smallest absolute Gasteiger partial charge is 0.471 e. The van der Waals surface area contributed by atoms with Gasteiger partial charge in [-0.05, 0) is 66.4 Å². The van der Waals surface area contributed by atoms with Gasteiger partial charge in [0.05, 0.1) is 12.1 Å². The van der Waals surface area contributed by atoms with Crippen molar-refractivity contribution < 1.29 is 46.7 Å². The number of carbonyl (C=O) groups is 5. The summed E-state index contributed by atoms with van der Waals surface area (Å²) in [5.74, 6) is -3.70. The van der Waals surface area contributed by atoms with E-state index in [0.29, 0.717) is 26.8 Å². The minimum atomic E-state index is -4.94. The van der Waals surface area contributed by atoms with Gasteiger partial charge in [-0.3, -0.25) is 19.2 Å². The van der Waals surface area contributed by atoms with Crippen LogP contribution in [0, 0.1) is 0 Å². The summed E-state index contributed by atoms with van der Waals surface area (Å²) in [6.45, 7) is 1.86. The molecule has 3 aromatic carbocycles. The lowest BCUT2D eigenvalue weighted by Crippen LogP contribution is -2.44. The summed E-state index contributed by atoms with van der Waals surface area (Å²) in [5.41, 5.74) is 2.80. The van der Waals surface area contributed by atoms with E-state index in [1.54, 1.807) is 60.7 Å². The number of hydroxylamine groups is 2. The van der Waals surface area contributed by atoms with Gasteiger partial charge in [0, 0.05) is 31.5 Å². The van der Waals surface area contributed by atoms with Gasteiger partial charge in [-0.15, -0.1) is 5.06 Å². The van der Waals surface area contributed by atoms with Gasteiger partial charge >= 0.3 is 18.1 Å². The molecule has 45 heavy (non-hydrogen) atoms. The second-order valence-corrected chi connectivity index (χ2v) is 10.3. The first-order chi connectivity index (χ1) is 21.3. The van der Waals surface area contributed by atoms with Crippen molar-refractivity contribution in [3.8, 4) is 16.9 Å². The minimum Gasteiger partial charge on any atom is -0.492 e. The summed E-state index contributed by atoms with van der Waals surface area (Å²) in [4.78, 5) is 65.3. The number of hydrogen-bond donors (Lipinski definition) is 1. The van der Waals surface area contributed by atoms with Crippen molar-refractivity contribution in [2.45, 2.75) is 38.4 Å². The number of likely N-dealkylation sites (N-methyl/N-ethyl adjacent to an activating group) is 1. The van der Waals surface area contributed by atoms with Gasteiger partial charge in [0.15, 0.2) is 0 Å². The van der Waals surface area contributed by atoms with E-state index < -0.39 is 35.9 Å². The Bertz CT molecular complexity index is 1560. The maximum Gasteiger partial charge on any atom is 0.471 e. The molecule has 13 heteroatoms. The molecule has 10 nitrogen and oxygen atoms in total. The summed E-state index contributed by atoms with van der Waals surface area (Å²) in [6.07, 6.45) is -4.73. The molecule has 0 aliphatic carbocycles. The van der Waals surface area contributed by atoms with Gasteiger partial charge < -0.3 is 19.8 Å². The molecule has 1 saturated heterocycles. The van der Waals surface area contributed by atoms with Crippen LogP contribution in [0.3, 0.4) is 0 Å². The fourth-order valence-corrected chi connectivity index (χ4v) is 4.48. The molecule has 4 rings (SSSR count). The van der Waals surface area contributed by atoms with E-state index in [1.165, 1.54) is 19.1 Å². The van der Waals surface area contributed by atoms with E-state index in [4.69, 9.17) is 9.57 Å². The number of nitrogens with zero attached hydrogens (tertiary/aromatic N) is 2. The second-order valence-electron chi connectivity index (χ2n) is 10.3. The van der Waals surface area contributed by atoms with Crippen molar-refractivity contribution in [2.24, 2.45) is 0 Å². The minimum absolute atomic E-state index is 0.00595. The van der Waals surface area contributed by atoms with Crippen LogP contribution < -0.4 is 10.1 Å². The van der Waals surface area contributed by atoms with Crippen molar-refractivity contribution in [3.63, 3.8) is 0 Å². The number of hydrogen-bond acceptors (Lipinski definition) is 7. The van der Waals surface area contributed by atoms with E-state index in [-0.39, 0.29) is 43.9 Å². The van der Waals surface area contributed by atoms with E-state index in [0.717, 1.165) is 18.2 Å². The van der Waals surface area contributed by atoms with Crippen LogP contribution in [0.25, 0.3) is 11.1 Å². The Morgan fingerprint density at radius 3 is 2.07 bits per heavy atom. The third-order valence-corrected chi connectivity index (χ3v) is 7.09. The molecule has 1 atom stereocenters. The third kappa shape index (κ3) is 8.46. The monoisotopic (exact) mass is 625 g/mol. The molecule has 0 bridgehead atoms. The van der Waals surface area contributed by atoms with Crippen LogP contribution in [-0.4, -0.2) is 72.0 Å². The molecule has 3 aromatic rings. The Hall–Kier alpha value is -5.20. The Balaban J connectivity index is 1.23. The van der Waals surface area contributed by atoms with Crippen LogP contribution >= 0.6 is 0 Å². The van der Waals surface area contributed by atoms with Crippen LogP contribution in [0.1, 0.15) is 46.0 Å². The number of alkyl halides is 3. The molecule has 0 saturated carbocycles. The molecule has 1 fully saturated rings. The molecule has 0 radical (unpaired) electrons. The highest BCUT2D eigenvalue weighted by Crippen LogP contribution is 2.23. The highest BCUT2D eigenvalue weighted by Gasteiger charge is 2.42. The molecule has 1 heterocycles. The van der Waals surface area contributed by atoms with Gasteiger partial charge in [0.1, 0.15) is 12.4 Å². The summed E-state index contributed by atoms with van der Waals surface area (Å²) in [7, 11) is 1.11. The van der Waals surface area contributed by atoms with Gasteiger partial charge in [-0.1, -0.05) is 36.4 Å². The maximum absolute atomic E-state index is 12.7. The van der Waals surface area contributed by atoms with Crippen LogP contribution in [0.15, 0.2) is 72.8 Å². The molecule has 1 aliphatic rings. The number of nitrogens with one attached hydrogen (secondary N) is 1. The number of benzene rings is 3. The Kier molecular flexibility index (Phi) is 10.2. The number of amides is 4.